The van der Waals surface area contributed by atoms with E-state index >= 15 is 0 Å². The number of nitrogens with zero attached hydrogens (tertiary/aromatic N) is 1. The van der Waals surface area contributed by atoms with Crippen molar-refractivity contribution in [2.24, 2.45) is 0 Å². The summed E-state index contributed by atoms with van der Waals surface area (Å²) in [5, 5.41) is 9.17. The van der Waals surface area contributed by atoms with E-state index in [0.717, 1.165) is 34.4 Å². The monoisotopic (exact) mass is 465 g/mol. The van der Waals surface area contributed by atoms with Crippen molar-refractivity contribution in [3.8, 4) is 16.9 Å². The van der Waals surface area contributed by atoms with Gasteiger partial charge in [0.1, 0.15) is 5.75 Å². The van der Waals surface area contributed by atoms with Crippen molar-refractivity contribution in [1.82, 2.24) is 4.90 Å². The first-order chi connectivity index (χ1) is 17.0. The predicted octanol–water partition coefficient (Wildman–Crippen LogP) is 5.95. The van der Waals surface area contributed by atoms with Crippen LogP contribution in [0.25, 0.3) is 11.1 Å². The first-order valence-electron chi connectivity index (χ1n) is 11.4. The van der Waals surface area contributed by atoms with E-state index in [9.17, 15) is 14.7 Å². The van der Waals surface area contributed by atoms with Gasteiger partial charge in [-0.15, -0.1) is 0 Å². The molecule has 0 aliphatic heterocycles. The summed E-state index contributed by atoms with van der Waals surface area (Å²) in [7, 11) is 1.64. The molecule has 0 aromatic heterocycles. The van der Waals surface area contributed by atoms with Crippen LogP contribution in [0.15, 0.2) is 103 Å². The normalized spacial score (nSPS) is 10.5. The van der Waals surface area contributed by atoms with E-state index in [1.807, 2.05) is 78.9 Å². The summed E-state index contributed by atoms with van der Waals surface area (Å²) in [6, 6.07) is 32.0. The van der Waals surface area contributed by atoms with Gasteiger partial charge in [0.05, 0.1) is 12.7 Å². The fourth-order valence-electron chi connectivity index (χ4n) is 3.99. The summed E-state index contributed by atoms with van der Waals surface area (Å²) in [5.74, 6) is -0.264. The zero-order valence-corrected chi connectivity index (χ0v) is 19.6. The highest BCUT2D eigenvalue weighted by Gasteiger charge is 2.17. The first-order valence-corrected chi connectivity index (χ1v) is 11.4. The molecule has 0 spiro atoms. The lowest BCUT2D eigenvalue weighted by atomic mass is 10.0. The molecule has 4 aromatic carbocycles. The molecule has 0 bridgehead atoms. The van der Waals surface area contributed by atoms with E-state index < -0.39 is 5.97 Å². The van der Waals surface area contributed by atoms with Gasteiger partial charge in [-0.1, -0.05) is 72.8 Å². The number of amides is 1. The van der Waals surface area contributed by atoms with Crippen molar-refractivity contribution in [1.29, 1.82) is 0 Å². The van der Waals surface area contributed by atoms with Gasteiger partial charge in [-0.05, 0) is 53.4 Å². The van der Waals surface area contributed by atoms with Crippen molar-refractivity contribution in [3.63, 3.8) is 0 Å². The Kier molecular flexibility index (Phi) is 7.58. The largest absolute Gasteiger partial charge is 0.496 e. The highest BCUT2D eigenvalue weighted by molar-refractivity contribution is 5.95. The van der Waals surface area contributed by atoms with E-state index in [0.29, 0.717) is 18.7 Å². The number of carboxylic acids is 1. The van der Waals surface area contributed by atoms with Gasteiger partial charge in [0.25, 0.3) is 5.91 Å². The third-order valence-electron chi connectivity index (χ3n) is 5.92. The molecular formula is C30H27NO4. The molecule has 0 atom stereocenters. The topological polar surface area (TPSA) is 66.8 Å². The number of aromatic carboxylic acids is 1. The van der Waals surface area contributed by atoms with Gasteiger partial charge in [0.15, 0.2) is 0 Å². The smallest absolute Gasteiger partial charge is 0.335 e. The van der Waals surface area contributed by atoms with Crippen molar-refractivity contribution >= 4 is 11.9 Å². The molecule has 5 nitrogen and oxygen atoms in total. The van der Waals surface area contributed by atoms with E-state index in [2.05, 4.69) is 0 Å². The Morgan fingerprint density at radius 2 is 1.37 bits per heavy atom. The Balaban J connectivity index is 1.56. The van der Waals surface area contributed by atoms with Gasteiger partial charge >= 0.3 is 5.97 Å². The van der Waals surface area contributed by atoms with Crippen LogP contribution in [0, 0.1) is 0 Å². The molecule has 0 fully saturated rings. The average molecular weight is 466 g/mol. The van der Waals surface area contributed by atoms with Gasteiger partial charge in [-0.2, -0.15) is 0 Å². The number of para-hydroxylation sites is 1. The van der Waals surface area contributed by atoms with E-state index in [-0.39, 0.29) is 11.5 Å². The van der Waals surface area contributed by atoms with Crippen molar-refractivity contribution in [2.75, 3.05) is 13.7 Å². The number of rotatable bonds is 9. The molecule has 0 radical (unpaired) electrons. The fourth-order valence-corrected chi connectivity index (χ4v) is 3.99. The zero-order chi connectivity index (χ0) is 24.6. The highest BCUT2D eigenvalue weighted by Crippen LogP contribution is 2.29. The standard InChI is InChI=1S/C30H27NO4/c1-35-28-10-6-5-9-27(28)24-15-17-25(18-16-24)29(32)31(20-19-22-7-3-2-4-8-22)21-23-11-13-26(14-12-23)30(33)34/h2-18H,19-21H2,1H3,(H,33,34). The minimum atomic E-state index is -0.969. The van der Waals surface area contributed by atoms with Crippen molar-refractivity contribution in [3.05, 3.63) is 125 Å². The Morgan fingerprint density at radius 3 is 2.03 bits per heavy atom. The Labute approximate surface area is 205 Å². The lowest BCUT2D eigenvalue weighted by Crippen LogP contribution is -2.32. The Morgan fingerprint density at radius 1 is 0.743 bits per heavy atom. The van der Waals surface area contributed by atoms with E-state index in [1.54, 1.807) is 36.3 Å². The van der Waals surface area contributed by atoms with Gasteiger partial charge in [0.2, 0.25) is 0 Å². The summed E-state index contributed by atoms with van der Waals surface area (Å²) in [6.07, 6.45) is 0.721. The second kappa shape index (κ2) is 11.2. The van der Waals surface area contributed by atoms with Crippen molar-refractivity contribution < 1.29 is 19.4 Å². The molecule has 0 unspecified atom stereocenters. The summed E-state index contributed by atoms with van der Waals surface area (Å²) >= 11 is 0. The minimum Gasteiger partial charge on any atom is -0.496 e. The van der Waals surface area contributed by atoms with Crippen molar-refractivity contribution in [2.45, 2.75) is 13.0 Å². The van der Waals surface area contributed by atoms with Gasteiger partial charge in [-0.25, -0.2) is 4.79 Å². The maximum atomic E-state index is 13.5. The molecule has 0 saturated heterocycles. The van der Waals surface area contributed by atoms with Crippen LogP contribution in [0.5, 0.6) is 5.75 Å². The number of benzene rings is 4. The third kappa shape index (κ3) is 5.95. The Bertz CT molecular complexity index is 1280. The number of hydrogen-bond acceptors (Lipinski definition) is 3. The lowest BCUT2D eigenvalue weighted by Gasteiger charge is -2.23. The first kappa shape index (κ1) is 23.8. The second-order valence-corrected chi connectivity index (χ2v) is 8.24. The molecule has 5 heteroatoms. The quantitative estimate of drug-likeness (QED) is 0.332. The second-order valence-electron chi connectivity index (χ2n) is 8.24. The summed E-state index contributed by atoms with van der Waals surface area (Å²) in [5.41, 5.74) is 4.79. The van der Waals surface area contributed by atoms with Gasteiger partial charge in [-0.3, -0.25) is 4.79 Å². The highest BCUT2D eigenvalue weighted by atomic mass is 16.5. The maximum Gasteiger partial charge on any atom is 0.335 e. The van der Waals surface area contributed by atoms with Crippen LogP contribution in [0.2, 0.25) is 0 Å². The molecule has 0 saturated carbocycles. The molecule has 4 rings (SSSR count). The SMILES string of the molecule is COc1ccccc1-c1ccc(C(=O)N(CCc2ccccc2)Cc2ccc(C(=O)O)cc2)cc1. The average Bonchev–Trinajstić information content (AvgIpc) is 2.91. The van der Waals surface area contributed by atoms with Gasteiger partial charge in [0, 0.05) is 24.2 Å². The van der Waals surface area contributed by atoms with Crippen LogP contribution < -0.4 is 4.74 Å². The number of carbonyl (C=O) groups excluding carboxylic acids is 1. The molecule has 1 N–H and O–H groups in total. The van der Waals surface area contributed by atoms with Gasteiger partial charge < -0.3 is 14.7 Å². The number of hydrogen-bond donors (Lipinski definition) is 1. The predicted molar refractivity (Wildman–Crippen MR) is 137 cm³/mol. The molecule has 4 aromatic rings. The number of carboxylic acid groups (broad SMARTS) is 1. The number of methoxy groups -OCH3 is 1. The molecular weight excluding hydrogens is 438 g/mol. The number of carbonyl (C=O) groups is 2. The molecule has 0 aliphatic rings. The summed E-state index contributed by atoms with van der Waals surface area (Å²) in [4.78, 5) is 26.5. The lowest BCUT2D eigenvalue weighted by molar-refractivity contribution is 0.0694. The van der Waals surface area contributed by atoms with Crippen LogP contribution in [-0.4, -0.2) is 35.5 Å². The van der Waals surface area contributed by atoms with Crippen LogP contribution in [-0.2, 0) is 13.0 Å². The molecule has 1 amide bonds. The maximum absolute atomic E-state index is 13.5. The van der Waals surface area contributed by atoms with Crippen LogP contribution in [0.1, 0.15) is 31.8 Å². The van der Waals surface area contributed by atoms with E-state index in [4.69, 9.17) is 4.74 Å². The van der Waals surface area contributed by atoms with Crippen LogP contribution >= 0.6 is 0 Å². The molecule has 0 heterocycles. The molecule has 176 valence electrons. The Hall–Kier alpha value is -4.38. The van der Waals surface area contributed by atoms with Crippen LogP contribution in [0.4, 0.5) is 0 Å². The zero-order valence-electron chi connectivity index (χ0n) is 19.6. The summed E-state index contributed by atoms with van der Waals surface area (Å²) < 4.78 is 5.47. The van der Waals surface area contributed by atoms with Crippen LogP contribution in [0.3, 0.4) is 0 Å². The number of ether oxygens (including phenoxy) is 1. The minimum absolute atomic E-state index is 0.0742. The van der Waals surface area contributed by atoms with E-state index in [1.165, 1.54) is 0 Å². The molecule has 0 aliphatic carbocycles. The molecule has 35 heavy (non-hydrogen) atoms. The summed E-state index contributed by atoms with van der Waals surface area (Å²) in [6.45, 7) is 0.928. The fraction of sp³-hybridized carbons (Fsp3) is 0.133. The third-order valence-corrected chi connectivity index (χ3v) is 5.92.